The minimum Gasteiger partial charge on any atom is -0.516 e. The Kier molecular flexibility index (Phi) is 9.66. The zero-order valence-electron chi connectivity index (χ0n) is 8.00. The maximum atomic E-state index is 8.35. The van der Waals surface area contributed by atoms with Crippen LogP contribution in [0.25, 0.3) is 0 Å². The molecule has 0 atom stereocenters. The van der Waals surface area contributed by atoms with E-state index in [-0.39, 0.29) is 0 Å². The molecule has 0 saturated carbocycles. The molecule has 0 heterocycles. The second kappa shape index (κ2) is 10.3. The van der Waals surface area contributed by atoms with Gasteiger partial charge >= 0.3 is 0 Å². The highest BCUT2D eigenvalue weighted by molar-refractivity contribution is 4.79. The fourth-order valence-electron chi connectivity index (χ4n) is 1.06. The Hall–Kier alpha value is -0.720. The van der Waals surface area contributed by atoms with E-state index in [9.17, 15) is 0 Å². The van der Waals surface area contributed by atoms with Crippen molar-refractivity contribution in [2.75, 3.05) is 0 Å². The lowest BCUT2D eigenvalue weighted by molar-refractivity contribution is 0.469. The predicted molar refractivity (Wildman–Crippen MR) is 54.3 cm³/mol. The van der Waals surface area contributed by atoms with Gasteiger partial charge in [-0.05, 0) is 32.1 Å². The highest BCUT2D eigenvalue weighted by Gasteiger charge is 1.84. The first-order valence-electron chi connectivity index (χ1n) is 4.86. The molecule has 0 saturated heterocycles. The first kappa shape index (κ1) is 11.3. The molecule has 0 unspecified atom stereocenters. The highest BCUT2D eigenvalue weighted by Crippen LogP contribution is 2.04. The molecule has 0 rings (SSSR count). The van der Waals surface area contributed by atoms with E-state index in [1.807, 2.05) is 6.08 Å². The van der Waals surface area contributed by atoms with E-state index in [2.05, 4.69) is 19.1 Å². The van der Waals surface area contributed by atoms with Crippen molar-refractivity contribution in [2.24, 2.45) is 0 Å². The van der Waals surface area contributed by atoms with Gasteiger partial charge < -0.3 is 5.11 Å². The van der Waals surface area contributed by atoms with Gasteiger partial charge in [0.05, 0.1) is 6.26 Å². The molecule has 1 nitrogen and oxygen atoms in total. The summed E-state index contributed by atoms with van der Waals surface area (Å²) in [6, 6.07) is 0. The lowest BCUT2D eigenvalue weighted by Crippen LogP contribution is -1.74. The largest absolute Gasteiger partial charge is 0.516 e. The topological polar surface area (TPSA) is 20.2 Å². The molecular formula is C11H20O. The van der Waals surface area contributed by atoms with Gasteiger partial charge in [-0.2, -0.15) is 0 Å². The van der Waals surface area contributed by atoms with Crippen molar-refractivity contribution >= 4 is 0 Å². The zero-order chi connectivity index (χ0) is 9.07. The van der Waals surface area contributed by atoms with Crippen molar-refractivity contribution in [3.8, 4) is 0 Å². The monoisotopic (exact) mass is 168 g/mol. The third-order valence-electron chi connectivity index (χ3n) is 1.75. The van der Waals surface area contributed by atoms with Crippen LogP contribution in [0.3, 0.4) is 0 Å². The van der Waals surface area contributed by atoms with Gasteiger partial charge in [0, 0.05) is 0 Å². The van der Waals surface area contributed by atoms with Crippen LogP contribution in [0.1, 0.15) is 45.4 Å². The zero-order valence-corrected chi connectivity index (χ0v) is 8.00. The Morgan fingerprint density at radius 2 is 1.58 bits per heavy atom. The first-order chi connectivity index (χ1) is 5.91. The SMILES string of the molecule is CC/C=C/CCCCC/C=C/O. The fraction of sp³-hybridized carbons (Fsp3) is 0.636. The van der Waals surface area contributed by atoms with E-state index in [0.29, 0.717) is 0 Å². The quantitative estimate of drug-likeness (QED) is 0.346. The molecule has 0 aromatic heterocycles. The molecule has 1 heteroatoms. The molecule has 0 aromatic carbocycles. The van der Waals surface area contributed by atoms with Crippen LogP contribution in [-0.4, -0.2) is 5.11 Å². The van der Waals surface area contributed by atoms with Crippen molar-refractivity contribution in [3.05, 3.63) is 24.5 Å². The first-order valence-corrected chi connectivity index (χ1v) is 4.86. The number of aliphatic hydroxyl groups excluding tert-OH is 1. The maximum Gasteiger partial charge on any atom is 0.0751 e. The summed E-state index contributed by atoms with van der Waals surface area (Å²) >= 11 is 0. The van der Waals surface area contributed by atoms with Crippen LogP contribution < -0.4 is 0 Å². The van der Waals surface area contributed by atoms with Gasteiger partial charge in [-0.3, -0.25) is 0 Å². The van der Waals surface area contributed by atoms with Crippen LogP contribution >= 0.6 is 0 Å². The molecule has 0 aromatic rings. The van der Waals surface area contributed by atoms with E-state index >= 15 is 0 Å². The van der Waals surface area contributed by atoms with E-state index in [1.165, 1.54) is 25.7 Å². The average Bonchev–Trinajstić information content (AvgIpc) is 2.10. The Balaban J connectivity index is 2.95. The summed E-state index contributed by atoms with van der Waals surface area (Å²) in [5.74, 6) is 0. The smallest absolute Gasteiger partial charge is 0.0751 e. The second-order valence-electron chi connectivity index (χ2n) is 2.90. The summed E-state index contributed by atoms with van der Waals surface area (Å²) in [6.45, 7) is 2.16. The van der Waals surface area contributed by atoms with Crippen LogP contribution in [0.5, 0.6) is 0 Å². The lowest BCUT2D eigenvalue weighted by Gasteiger charge is -1.94. The molecule has 0 aliphatic heterocycles. The van der Waals surface area contributed by atoms with Gasteiger partial charge in [-0.15, -0.1) is 0 Å². The summed E-state index contributed by atoms with van der Waals surface area (Å²) in [5, 5.41) is 8.35. The lowest BCUT2D eigenvalue weighted by atomic mass is 10.1. The Morgan fingerprint density at radius 1 is 0.917 bits per heavy atom. The second-order valence-corrected chi connectivity index (χ2v) is 2.90. The van der Waals surface area contributed by atoms with Crippen LogP contribution in [0.2, 0.25) is 0 Å². The number of hydrogen-bond acceptors (Lipinski definition) is 1. The molecule has 0 bridgehead atoms. The fourth-order valence-corrected chi connectivity index (χ4v) is 1.06. The summed E-state index contributed by atoms with van der Waals surface area (Å²) in [7, 11) is 0. The molecule has 0 spiro atoms. The van der Waals surface area contributed by atoms with Crippen molar-refractivity contribution in [1.82, 2.24) is 0 Å². The van der Waals surface area contributed by atoms with Crippen molar-refractivity contribution in [3.63, 3.8) is 0 Å². The minimum atomic E-state index is 1.01. The van der Waals surface area contributed by atoms with E-state index in [1.54, 1.807) is 0 Å². The van der Waals surface area contributed by atoms with Crippen molar-refractivity contribution in [1.29, 1.82) is 0 Å². The third kappa shape index (κ3) is 9.28. The van der Waals surface area contributed by atoms with Gasteiger partial charge in [0.1, 0.15) is 0 Å². The summed E-state index contributed by atoms with van der Waals surface area (Å²) < 4.78 is 0. The van der Waals surface area contributed by atoms with Gasteiger partial charge in [0.2, 0.25) is 0 Å². The van der Waals surface area contributed by atoms with Crippen LogP contribution in [-0.2, 0) is 0 Å². The highest BCUT2D eigenvalue weighted by atomic mass is 16.2. The summed E-state index contributed by atoms with van der Waals surface area (Å²) in [5.41, 5.74) is 0. The predicted octanol–water partition coefficient (Wildman–Crippen LogP) is 3.97. The van der Waals surface area contributed by atoms with Crippen LogP contribution in [0.4, 0.5) is 0 Å². The molecule has 0 aliphatic carbocycles. The molecule has 0 radical (unpaired) electrons. The molecule has 0 fully saturated rings. The van der Waals surface area contributed by atoms with Crippen LogP contribution in [0.15, 0.2) is 24.5 Å². The average molecular weight is 168 g/mol. The molecule has 12 heavy (non-hydrogen) atoms. The van der Waals surface area contributed by atoms with Gasteiger partial charge in [0.15, 0.2) is 0 Å². The third-order valence-corrected chi connectivity index (χ3v) is 1.75. The van der Waals surface area contributed by atoms with Crippen molar-refractivity contribution < 1.29 is 5.11 Å². The van der Waals surface area contributed by atoms with E-state index in [0.717, 1.165) is 19.1 Å². The summed E-state index contributed by atoms with van der Waals surface area (Å²) in [6.07, 6.45) is 14.5. The Bertz CT molecular complexity index is 125. The molecule has 70 valence electrons. The number of aliphatic hydroxyl groups is 1. The number of hydrogen-bond donors (Lipinski definition) is 1. The number of rotatable bonds is 7. The Morgan fingerprint density at radius 3 is 2.17 bits per heavy atom. The van der Waals surface area contributed by atoms with Crippen molar-refractivity contribution in [2.45, 2.75) is 45.4 Å². The van der Waals surface area contributed by atoms with Gasteiger partial charge in [0.25, 0.3) is 0 Å². The van der Waals surface area contributed by atoms with Gasteiger partial charge in [-0.25, -0.2) is 0 Å². The van der Waals surface area contributed by atoms with Gasteiger partial charge in [-0.1, -0.05) is 31.6 Å². The molecular weight excluding hydrogens is 148 g/mol. The van der Waals surface area contributed by atoms with Crippen LogP contribution in [0, 0.1) is 0 Å². The van der Waals surface area contributed by atoms with E-state index < -0.39 is 0 Å². The summed E-state index contributed by atoms with van der Waals surface area (Å²) in [4.78, 5) is 0. The molecule has 1 N–H and O–H groups in total. The minimum absolute atomic E-state index is 1.01. The number of allylic oxidation sites excluding steroid dienone is 3. The molecule has 0 amide bonds. The normalized spacial score (nSPS) is 11.8. The number of unbranched alkanes of at least 4 members (excludes halogenated alkanes) is 4. The Labute approximate surface area is 75.8 Å². The standard InChI is InChI=1S/C11H20O/c1-2-3-4-5-6-7-8-9-10-11-12/h3-4,10-12H,2,5-9H2,1H3/b4-3+,11-10+. The van der Waals surface area contributed by atoms with E-state index in [4.69, 9.17) is 5.11 Å². The molecule has 0 aliphatic rings. The maximum absolute atomic E-state index is 8.35.